The molecule has 0 aliphatic rings. The van der Waals surface area contributed by atoms with Gasteiger partial charge in [-0.05, 0) is 43.2 Å². The molecule has 0 unspecified atom stereocenters. The zero-order valence-electron chi connectivity index (χ0n) is 12.7. The first kappa shape index (κ1) is 16.2. The van der Waals surface area contributed by atoms with Crippen molar-refractivity contribution in [1.82, 2.24) is 10.6 Å². The summed E-state index contributed by atoms with van der Waals surface area (Å²) in [6.45, 7) is 4.56. The molecule has 0 fully saturated rings. The second-order valence-corrected chi connectivity index (χ2v) is 5.48. The van der Waals surface area contributed by atoms with E-state index >= 15 is 0 Å². The van der Waals surface area contributed by atoms with Crippen LogP contribution in [-0.4, -0.2) is 12.8 Å². The van der Waals surface area contributed by atoms with Gasteiger partial charge in [0.25, 0.3) is 0 Å². The van der Waals surface area contributed by atoms with Crippen LogP contribution in [0.15, 0.2) is 42.5 Å². The Morgan fingerprint density at radius 1 is 1.09 bits per heavy atom. The summed E-state index contributed by atoms with van der Waals surface area (Å²) in [7, 11) is 0. The highest BCUT2D eigenvalue weighted by molar-refractivity contribution is 6.30. The minimum absolute atomic E-state index is 0.121. The van der Waals surface area contributed by atoms with Crippen molar-refractivity contribution in [2.45, 2.75) is 20.4 Å². The Morgan fingerprint density at radius 2 is 1.82 bits per heavy atom. The molecule has 2 aromatic carbocycles. The van der Waals surface area contributed by atoms with Gasteiger partial charge in [0.15, 0.2) is 6.73 Å². The molecule has 0 aliphatic carbocycles. The normalized spacial score (nSPS) is 10.1. The third-order valence-electron chi connectivity index (χ3n) is 3.16. The zero-order valence-corrected chi connectivity index (χ0v) is 13.4. The molecule has 0 atom stereocenters. The van der Waals surface area contributed by atoms with Crippen LogP contribution in [0.1, 0.15) is 16.7 Å². The van der Waals surface area contributed by atoms with E-state index in [4.69, 9.17) is 16.3 Å². The molecular formula is C17H19ClN2O2. The number of benzene rings is 2. The Hall–Kier alpha value is -2.20. The van der Waals surface area contributed by atoms with E-state index < -0.39 is 0 Å². The number of amides is 2. The lowest BCUT2D eigenvalue weighted by molar-refractivity contribution is 0.223. The standard InChI is InChI=1S/C17H19ClN2O2/c1-12-3-8-16(13(2)9-12)22-11-20-17(21)19-10-14-4-6-15(18)7-5-14/h3-9H,10-11H2,1-2H3,(H2,19,20,21). The van der Waals surface area contributed by atoms with Gasteiger partial charge in [-0.3, -0.25) is 0 Å². The van der Waals surface area contributed by atoms with Gasteiger partial charge in [0, 0.05) is 11.6 Å². The molecule has 2 amide bonds. The van der Waals surface area contributed by atoms with E-state index in [2.05, 4.69) is 10.6 Å². The van der Waals surface area contributed by atoms with Crippen LogP contribution < -0.4 is 15.4 Å². The van der Waals surface area contributed by atoms with Crippen molar-refractivity contribution in [1.29, 1.82) is 0 Å². The van der Waals surface area contributed by atoms with Crippen molar-refractivity contribution in [3.05, 3.63) is 64.2 Å². The zero-order chi connectivity index (χ0) is 15.9. The second kappa shape index (κ2) is 7.71. The van der Waals surface area contributed by atoms with E-state index in [9.17, 15) is 4.79 Å². The highest BCUT2D eigenvalue weighted by atomic mass is 35.5. The highest BCUT2D eigenvalue weighted by Gasteiger charge is 2.02. The Bertz CT molecular complexity index is 642. The van der Waals surface area contributed by atoms with Crippen LogP contribution in [0.3, 0.4) is 0 Å². The number of nitrogens with one attached hydrogen (secondary N) is 2. The number of hydrogen-bond acceptors (Lipinski definition) is 2. The fourth-order valence-corrected chi connectivity index (χ4v) is 2.11. The van der Waals surface area contributed by atoms with Gasteiger partial charge in [-0.25, -0.2) is 4.79 Å². The van der Waals surface area contributed by atoms with Crippen LogP contribution in [0, 0.1) is 13.8 Å². The molecule has 0 aliphatic heterocycles. The van der Waals surface area contributed by atoms with E-state index in [1.54, 1.807) is 12.1 Å². The number of rotatable bonds is 5. The van der Waals surface area contributed by atoms with Crippen LogP contribution in [0.2, 0.25) is 5.02 Å². The van der Waals surface area contributed by atoms with Gasteiger partial charge in [-0.1, -0.05) is 41.4 Å². The number of aryl methyl sites for hydroxylation is 2. The lowest BCUT2D eigenvalue weighted by Crippen LogP contribution is -2.37. The van der Waals surface area contributed by atoms with Gasteiger partial charge >= 0.3 is 6.03 Å². The maximum atomic E-state index is 11.7. The molecule has 0 heterocycles. The van der Waals surface area contributed by atoms with Gasteiger partial charge in [0.1, 0.15) is 5.75 Å². The number of halogens is 1. The second-order valence-electron chi connectivity index (χ2n) is 5.04. The minimum Gasteiger partial charge on any atom is -0.473 e. The molecule has 5 heteroatoms. The van der Waals surface area contributed by atoms with Crippen LogP contribution in [-0.2, 0) is 6.54 Å². The summed E-state index contributed by atoms with van der Waals surface area (Å²) in [6, 6.07) is 13.0. The first-order valence-corrected chi connectivity index (χ1v) is 7.38. The summed E-state index contributed by atoms with van der Waals surface area (Å²) < 4.78 is 5.54. The number of carbonyl (C=O) groups is 1. The molecule has 4 nitrogen and oxygen atoms in total. The third-order valence-corrected chi connectivity index (χ3v) is 3.41. The van der Waals surface area contributed by atoms with E-state index in [1.165, 1.54) is 5.56 Å². The summed E-state index contributed by atoms with van der Waals surface area (Å²) in [6.07, 6.45) is 0. The van der Waals surface area contributed by atoms with Gasteiger partial charge in [0.2, 0.25) is 0 Å². The first-order chi connectivity index (χ1) is 10.5. The van der Waals surface area contributed by atoms with E-state index in [1.807, 2.05) is 44.2 Å². The van der Waals surface area contributed by atoms with E-state index in [0.717, 1.165) is 16.9 Å². The SMILES string of the molecule is Cc1ccc(OCNC(=O)NCc2ccc(Cl)cc2)c(C)c1. The first-order valence-electron chi connectivity index (χ1n) is 7.01. The summed E-state index contributed by atoms with van der Waals surface area (Å²) in [5.74, 6) is 0.767. The summed E-state index contributed by atoms with van der Waals surface area (Å²) in [5, 5.41) is 6.09. The number of urea groups is 1. The minimum atomic E-state index is -0.278. The van der Waals surface area contributed by atoms with Gasteiger partial charge < -0.3 is 15.4 Å². The molecule has 0 bridgehead atoms. The molecule has 2 N–H and O–H groups in total. The van der Waals surface area contributed by atoms with Crippen molar-refractivity contribution in [2.75, 3.05) is 6.73 Å². The average molecular weight is 319 g/mol. The van der Waals surface area contributed by atoms with Crippen molar-refractivity contribution >= 4 is 17.6 Å². The quantitative estimate of drug-likeness (QED) is 0.824. The largest absolute Gasteiger partial charge is 0.473 e. The molecular weight excluding hydrogens is 300 g/mol. The molecule has 0 aromatic heterocycles. The Labute approximate surface area is 135 Å². The van der Waals surface area contributed by atoms with Crippen molar-refractivity contribution in [3.63, 3.8) is 0 Å². The smallest absolute Gasteiger partial charge is 0.317 e. The maximum Gasteiger partial charge on any atom is 0.317 e. The Kier molecular flexibility index (Phi) is 5.67. The predicted molar refractivity (Wildman–Crippen MR) is 88.2 cm³/mol. The molecule has 0 saturated carbocycles. The Balaban J connectivity index is 1.72. The van der Waals surface area contributed by atoms with Crippen LogP contribution in [0.4, 0.5) is 4.79 Å². The van der Waals surface area contributed by atoms with Crippen LogP contribution in [0.25, 0.3) is 0 Å². The van der Waals surface area contributed by atoms with Crippen molar-refractivity contribution in [3.8, 4) is 5.75 Å². The molecule has 116 valence electrons. The van der Waals surface area contributed by atoms with E-state index in [-0.39, 0.29) is 12.8 Å². The highest BCUT2D eigenvalue weighted by Crippen LogP contribution is 2.18. The summed E-state index contributed by atoms with van der Waals surface area (Å²) in [5.41, 5.74) is 3.21. The van der Waals surface area contributed by atoms with Crippen molar-refractivity contribution < 1.29 is 9.53 Å². The molecule has 0 radical (unpaired) electrons. The molecule has 0 spiro atoms. The van der Waals surface area contributed by atoms with Crippen LogP contribution in [0.5, 0.6) is 5.75 Å². The monoisotopic (exact) mass is 318 g/mol. The molecule has 2 aromatic rings. The lowest BCUT2D eigenvalue weighted by atomic mass is 10.1. The number of hydrogen-bond donors (Lipinski definition) is 2. The van der Waals surface area contributed by atoms with Gasteiger partial charge in [-0.2, -0.15) is 0 Å². The average Bonchev–Trinajstić information content (AvgIpc) is 2.49. The summed E-state index contributed by atoms with van der Waals surface area (Å²) >= 11 is 5.81. The fraction of sp³-hybridized carbons (Fsp3) is 0.235. The molecule has 2 rings (SSSR count). The fourth-order valence-electron chi connectivity index (χ4n) is 1.99. The van der Waals surface area contributed by atoms with Gasteiger partial charge in [0.05, 0.1) is 0 Å². The third kappa shape index (κ3) is 4.97. The number of carbonyl (C=O) groups excluding carboxylic acids is 1. The van der Waals surface area contributed by atoms with E-state index in [0.29, 0.717) is 11.6 Å². The number of ether oxygens (including phenoxy) is 1. The maximum absolute atomic E-state index is 11.7. The van der Waals surface area contributed by atoms with Crippen LogP contribution >= 0.6 is 11.6 Å². The topological polar surface area (TPSA) is 50.4 Å². The molecule has 0 saturated heterocycles. The summed E-state index contributed by atoms with van der Waals surface area (Å²) in [4.78, 5) is 11.7. The van der Waals surface area contributed by atoms with Gasteiger partial charge in [-0.15, -0.1) is 0 Å². The predicted octanol–water partition coefficient (Wildman–Crippen LogP) is 3.79. The molecule has 22 heavy (non-hydrogen) atoms. The Morgan fingerprint density at radius 3 is 2.50 bits per heavy atom. The van der Waals surface area contributed by atoms with Crippen molar-refractivity contribution in [2.24, 2.45) is 0 Å². The lowest BCUT2D eigenvalue weighted by Gasteiger charge is -2.11.